The second kappa shape index (κ2) is 7.68. The zero-order chi connectivity index (χ0) is 14.4. The number of nitrogens with one attached hydrogen (secondary N) is 1. The van der Waals surface area contributed by atoms with Crippen LogP contribution in [0.2, 0.25) is 0 Å². The van der Waals surface area contributed by atoms with Crippen molar-refractivity contribution in [3.63, 3.8) is 0 Å². The van der Waals surface area contributed by atoms with Gasteiger partial charge in [0.15, 0.2) is 0 Å². The van der Waals surface area contributed by atoms with E-state index in [1.54, 1.807) is 0 Å². The molecule has 0 aliphatic carbocycles. The standard InChI is InChI=1S/C18H30N2/c1-4-5-6-7-16-8-10-17(11-9-16)19-18-12-13-20(14-18)15(2)3/h8-11,15,18-19H,4-7,12-14H2,1-3H3. The van der Waals surface area contributed by atoms with Crippen LogP contribution in [0.15, 0.2) is 24.3 Å². The summed E-state index contributed by atoms with van der Waals surface area (Å²) in [5.74, 6) is 0. The monoisotopic (exact) mass is 274 g/mol. The number of hydrogen-bond acceptors (Lipinski definition) is 2. The lowest BCUT2D eigenvalue weighted by Crippen LogP contribution is -2.31. The van der Waals surface area contributed by atoms with Gasteiger partial charge in [0.1, 0.15) is 0 Å². The summed E-state index contributed by atoms with van der Waals surface area (Å²) in [6.45, 7) is 9.23. The fourth-order valence-corrected chi connectivity index (χ4v) is 2.96. The molecule has 112 valence electrons. The molecule has 0 spiro atoms. The Labute approximate surface area is 124 Å². The van der Waals surface area contributed by atoms with Crippen LogP contribution in [0.25, 0.3) is 0 Å². The molecule has 1 aromatic rings. The Morgan fingerprint density at radius 2 is 1.95 bits per heavy atom. The van der Waals surface area contributed by atoms with E-state index >= 15 is 0 Å². The first-order chi connectivity index (χ1) is 9.69. The molecule has 2 heteroatoms. The second-order valence-corrected chi connectivity index (χ2v) is 6.37. The van der Waals surface area contributed by atoms with E-state index in [1.807, 2.05) is 0 Å². The molecule has 0 amide bonds. The van der Waals surface area contributed by atoms with Gasteiger partial charge in [0.2, 0.25) is 0 Å². The van der Waals surface area contributed by atoms with E-state index in [9.17, 15) is 0 Å². The van der Waals surface area contributed by atoms with Crippen molar-refractivity contribution in [2.45, 2.75) is 65.0 Å². The molecule has 1 heterocycles. The molecule has 1 fully saturated rings. The molecular weight excluding hydrogens is 244 g/mol. The predicted molar refractivity (Wildman–Crippen MR) is 88.4 cm³/mol. The molecule has 1 atom stereocenters. The molecule has 1 N–H and O–H groups in total. The van der Waals surface area contributed by atoms with Gasteiger partial charge in [-0.25, -0.2) is 0 Å². The summed E-state index contributed by atoms with van der Waals surface area (Å²) in [6.07, 6.45) is 6.44. The number of aryl methyl sites for hydroxylation is 1. The van der Waals surface area contributed by atoms with E-state index in [1.165, 1.54) is 56.4 Å². The average molecular weight is 274 g/mol. The average Bonchev–Trinajstić information content (AvgIpc) is 2.90. The van der Waals surface area contributed by atoms with Crippen molar-refractivity contribution in [3.05, 3.63) is 29.8 Å². The van der Waals surface area contributed by atoms with Crippen molar-refractivity contribution in [1.82, 2.24) is 4.90 Å². The van der Waals surface area contributed by atoms with Crippen LogP contribution in [0, 0.1) is 0 Å². The molecule has 1 saturated heterocycles. The summed E-state index contributed by atoms with van der Waals surface area (Å²) in [7, 11) is 0. The number of hydrogen-bond donors (Lipinski definition) is 1. The van der Waals surface area contributed by atoms with E-state index in [-0.39, 0.29) is 0 Å². The Morgan fingerprint density at radius 3 is 2.55 bits per heavy atom. The molecule has 0 bridgehead atoms. The minimum Gasteiger partial charge on any atom is -0.381 e. The fourth-order valence-electron chi connectivity index (χ4n) is 2.96. The first-order valence-electron chi connectivity index (χ1n) is 8.28. The quantitative estimate of drug-likeness (QED) is 0.745. The lowest BCUT2D eigenvalue weighted by atomic mass is 10.1. The summed E-state index contributed by atoms with van der Waals surface area (Å²) in [6, 6.07) is 10.4. The normalized spacial score (nSPS) is 19.7. The van der Waals surface area contributed by atoms with Crippen molar-refractivity contribution in [3.8, 4) is 0 Å². The Morgan fingerprint density at radius 1 is 1.20 bits per heavy atom. The van der Waals surface area contributed by atoms with Crippen LogP contribution in [0.1, 0.15) is 52.0 Å². The minimum absolute atomic E-state index is 0.614. The molecular formula is C18H30N2. The number of nitrogens with zero attached hydrogens (tertiary/aromatic N) is 1. The van der Waals surface area contributed by atoms with Crippen LogP contribution in [0.4, 0.5) is 5.69 Å². The van der Waals surface area contributed by atoms with Gasteiger partial charge in [0, 0.05) is 30.9 Å². The predicted octanol–water partition coefficient (Wildman–Crippen LogP) is 4.31. The topological polar surface area (TPSA) is 15.3 Å². The van der Waals surface area contributed by atoms with Crippen molar-refractivity contribution in [2.75, 3.05) is 18.4 Å². The summed E-state index contributed by atoms with van der Waals surface area (Å²) < 4.78 is 0. The van der Waals surface area contributed by atoms with E-state index in [2.05, 4.69) is 55.3 Å². The van der Waals surface area contributed by atoms with Gasteiger partial charge < -0.3 is 5.32 Å². The maximum Gasteiger partial charge on any atom is 0.0400 e. The number of rotatable bonds is 7. The van der Waals surface area contributed by atoms with Gasteiger partial charge in [-0.3, -0.25) is 4.90 Å². The van der Waals surface area contributed by atoms with Crippen LogP contribution < -0.4 is 5.32 Å². The van der Waals surface area contributed by atoms with Crippen LogP contribution in [-0.4, -0.2) is 30.1 Å². The first-order valence-corrected chi connectivity index (χ1v) is 8.28. The SMILES string of the molecule is CCCCCc1ccc(NC2CCN(C(C)C)C2)cc1. The third-order valence-electron chi connectivity index (χ3n) is 4.34. The summed E-state index contributed by atoms with van der Waals surface area (Å²) in [4.78, 5) is 2.55. The van der Waals surface area contributed by atoms with E-state index < -0.39 is 0 Å². The van der Waals surface area contributed by atoms with Gasteiger partial charge >= 0.3 is 0 Å². The molecule has 2 nitrogen and oxygen atoms in total. The van der Waals surface area contributed by atoms with Gasteiger partial charge in [0.25, 0.3) is 0 Å². The molecule has 0 aromatic heterocycles. The molecule has 0 saturated carbocycles. The van der Waals surface area contributed by atoms with E-state index in [0.717, 1.165) is 0 Å². The highest BCUT2D eigenvalue weighted by Crippen LogP contribution is 2.18. The van der Waals surface area contributed by atoms with Gasteiger partial charge in [-0.15, -0.1) is 0 Å². The third kappa shape index (κ3) is 4.52. The summed E-state index contributed by atoms with van der Waals surface area (Å²) in [5.41, 5.74) is 2.75. The minimum atomic E-state index is 0.614. The van der Waals surface area contributed by atoms with Crippen LogP contribution in [-0.2, 0) is 6.42 Å². The third-order valence-corrected chi connectivity index (χ3v) is 4.34. The highest BCUT2D eigenvalue weighted by atomic mass is 15.2. The van der Waals surface area contributed by atoms with Crippen LogP contribution >= 0.6 is 0 Å². The van der Waals surface area contributed by atoms with Crippen LogP contribution in [0.5, 0.6) is 0 Å². The van der Waals surface area contributed by atoms with Crippen molar-refractivity contribution < 1.29 is 0 Å². The van der Waals surface area contributed by atoms with Crippen molar-refractivity contribution in [1.29, 1.82) is 0 Å². The molecule has 0 radical (unpaired) electrons. The molecule has 20 heavy (non-hydrogen) atoms. The summed E-state index contributed by atoms with van der Waals surface area (Å²) >= 11 is 0. The highest BCUT2D eigenvalue weighted by molar-refractivity contribution is 5.45. The fraction of sp³-hybridized carbons (Fsp3) is 0.667. The molecule has 2 rings (SSSR count). The van der Waals surface area contributed by atoms with E-state index in [0.29, 0.717) is 12.1 Å². The summed E-state index contributed by atoms with van der Waals surface area (Å²) in [5, 5.41) is 3.68. The van der Waals surface area contributed by atoms with E-state index in [4.69, 9.17) is 0 Å². The first kappa shape index (κ1) is 15.4. The van der Waals surface area contributed by atoms with Gasteiger partial charge in [-0.1, -0.05) is 31.9 Å². The highest BCUT2D eigenvalue weighted by Gasteiger charge is 2.23. The molecule has 1 unspecified atom stereocenters. The molecule has 1 aliphatic rings. The number of benzene rings is 1. The maximum atomic E-state index is 3.68. The van der Waals surface area contributed by atoms with Crippen molar-refractivity contribution >= 4 is 5.69 Å². The Balaban J connectivity index is 1.79. The van der Waals surface area contributed by atoms with Crippen LogP contribution in [0.3, 0.4) is 0 Å². The number of likely N-dealkylation sites (tertiary alicyclic amines) is 1. The lowest BCUT2D eigenvalue weighted by Gasteiger charge is -2.21. The Hall–Kier alpha value is -1.02. The molecule has 1 aromatic carbocycles. The lowest BCUT2D eigenvalue weighted by molar-refractivity contribution is 0.274. The van der Waals surface area contributed by atoms with Gasteiger partial charge in [0.05, 0.1) is 0 Å². The maximum absolute atomic E-state index is 3.68. The van der Waals surface area contributed by atoms with Gasteiger partial charge in [-0.2, -0.15) is 0 Å². The number of unbranched alkanes of at least 4 members (excludes halogenated alkanes) is 2. The van der Waals surface area contributed by atoms with Crippen molar-refractivity contribution in [2.24, 2.45) is 0 Å². The zero-order valence-corrected chi connectivity index (χ0v) is 13.4. The largest absolute Gasteiger partial charge is 0.381 e. The Bertz CT molecular complexity index is 383. The smallest absolute Gasteiger partial charge is 0.0400 e. The zero-order valence-electron chi connectivity index (χ0n) is 13.4. The molecule has 1 aliphatic heterocycles. The number of anilines is 1. The second-order valence-electron chi connectivity index (χ2n) is 6.37. The Kier molecular flexibility index (Phi) is 5.90. The van der Waals surface area contributed by atoms with Gasteiger partial charge in [-0.05, 0) is 50.8 Å².